The zero-order chi connectivity index (χ0) is 13.4. The fourth-order valence-electron chi connectivity index (χ4n) is 1.24. The van der Waals surface area contributed by atoms with Gasteiger partial charge in [0, 0.05) is 26.2 Å². The first-order chi connectivity index (χ1) is 7.86. The molecular weight excluding hydrogens is 222 g/mol. The van der Waals surface area contributed by atoms with Crippen molar-refractivity contribution in [2.24, 2.45) is 0 Å². The van der Waals surface area contributed by atoms with Gasteiger partial charge < -0.3 is 20.2 Å². The number of carbonyl (C=O) groups is 2. The minimum atomic E-state index is -0.895. The smallest absolute Gasteiger partial charge is 0.317 e. The summed E-state index contributed by atoms with van der Waals surface area (Å²) in [5.74, 6) is -0.895. The molecule has 2 N–H and O–H groups in total. The molecule has 1 atom stereocenters. The van der Waals surface area contributed by atoms with Crippen LogP contribution >= 0.6 is 0 Å². The molecule has 100 valence electrons. The highest BCUT2D eigenvalue weighted by atomic mass is 16.4. The predicted molar refractivity (Wildman–Crippen MR) is 66.0 cm³/mol. The second-order valence-corrected chi connectivity index (χ2v) is 4.38. The SMILES string of the molecule is CCC(CC(=O)O)NC(=O)N(C)CCN(C)C. The highest BCUT2D eigenvalue weighted by Crippen LogP contribution is 1.99. The lowest BCUT2D eigenvalue weighted by Crippen LogP contribution is -2.45. The normalized spacial score (nSPS) is 12.3. The number of hydrogen-bond donors (Lipinski definition) is 2. The Morgan fingerprint density at radius 2 is 1.82 bits per heavy atom. The van der Waals surface area contributed by atoms with Gasteiger partial charge in [-0.3, -0.25) is 4.79 Å². The largest absolute Gasteiger partial charge is 0.481 e. The fraction of sp³-hybridized carbons (Fsp3) is 0.818. The number of rotatable bonds is 7. The molecule has 0 rings (SSSR count). The molecule has 0 radical (unpaired) electrons. The van der Waals surface area contributed by atoms with E-state index in [1.807, 2.05) is 25.9 Å². The lowest BCUT2D eigenvalue weighted by Gasteiger charge is -2.23. The Balaban J connectivity index is 4.07. The summed E-state index contributed by atoms with van der Waals surface area (Å²) < 4.78 is 0. The third kappa shape index (κ3) is 7.57. The minimum Gasteiger partial charge on any atom is -0.481 e. The van der Waals surface area contributed by atoms with Gasteiger partial charge in [-0.15, -0.1) is 0 Å². The highest BCUT2D eigenvalue weighted by molar-refractivity contribution is 5.75. The molecule has 0 aromatic heterocycles. The number of likely N-dealkylation sites (N-methyl/N-ethyl adjacent to an activating group) is 2. The first-order valence-corrected chi connectivity index (χ1v) is 5.75. The summed E-state index contributed by atoms with van der Waals surface area (Å²) in [5, 5.41) is 11.4. The summed E-state index contributed by atoms with van der Waals surface area (Å²) in [4.78, 5) is 25.8. The van der Waals surface area contributed by atoms with E-state index in [2.05, 4.69) is 5.32 Å². The van der Waals surface area contributed by atoms with Gasteiger partial charge in [0.25, 0.3) is 0 Å². The van der Waals surface area contributed by atoms with E-state index in [4.69, 9.17) is 5.11 Å². The van der Waals surface area contributed by atoms with Crippen LogP contribution in [0, 0.1) is 0 Å². The quantitative estimate of drug-likeness (QED) is 0.683. The Morgan fingerprint density at radius 3 is 2.24 bits per heavy atom. The van der Waals surface area contributed by atoms with Crippen LogP contribution in [0.15, 0.2) is 0 Å². The van der Waals surface area contributed by atoms with E-state index in [0.29, 0.717) is 13.0 Å². The molecule has 0 bridgehead atoms. The van der Waals surface area contributed by atoms with E-state index in [9.17, 15) is 9.59 Å². The number of carbonyl (C=O) groups excluding carboxylic acids is 1. The van der Waals surface area contributed by atoms with Crippen LogP contribution in [0.2, 0.25) is 0 Å². The number of nitrogens with one attached hydrogen (secondary N) is 1. The van der Waals surface area contributed by atoms with E-state index in [1.165, 1.54) is 0 Å². The topological polar surface area (TPSA) is 72.9 Å². The summed E-state index contributed by atoms with van der Waals surface area (Å²) in [6, 6.07) is -0.526. The van der Waals surface area contributed by atoms with E-state index < -0.39 is 5.97 Å². The number of nitrogens with zero attached hydrogens (tertiary/aromatic N) is 2. The minimum absolute atomic E-state index is 0.0379. The molecule has 0 aromatic rings. The third-order valence-electron chi connectivity index (χ3n) is 2.47. The van der Waals surface area contributed by atoms with Gasteiger partial charge in [0.05, 0.1) is 6.42 Å². The van der Waals surface area contributed by atoms with Crippen molar-refractivity contribution in [2.45, 2.75) is 25.8 Å². The highest BCUT2D eigenvalue weighted by Gasteiger charge is 2.16. The second kappa shape index (κ2) is 7.89. The molecule has 0 fully saturated rings. The van der Waals surface area contributed by atoms with Gasteiger partial charge in [-0.1, -0.05) is 6.92 Å². The summed E-state index contributed by atoms with van der Waals surface area (Å²) >= 11 is 0. The maximum absolute atomic E-state index is 11.7. The second-order valence-electron chi connectivity index (χ2n) is 4.38. The molecular formula is C11H23N3O3. The Morgan fingerprint density at radius 1 is 1.24 bits per heavy atom. The van der Waals surface area contributed by atoms with Gasteiger partial charge in [-0.2, -0.15) is 0 Å². The maximum atomic E-state index is 11.7. The average molecular weight is 245 g/mol. The predicted octanol–water partition coefficient (Wildman–Crippen LogP) is 0.443. The molecule has 0 aliphatic carbocycles. The van der Waals surface area contributed by atoms with Crippen LogP contribution in [-0.2, 0) is 4.79 Å². The first-order valence-electron chi connectivity index (χ1n) is 5.75. The Bertz CT molecular complexity index is 256. The maximum Gasteiger partial charge on any atom is 0.317 e. The van der Waals surface area contributed by atoms with Crippen LogP contribution in [0.1, 0.15) is 19.8 Å². The van der Waals surface area contributed by atoms with Crippen LogP contribution in [0.3, 0.4) is 0 Å². The van der Waals surface area contributed by atoms with Gasteiger partial charge in [0.2, 0.25) is 0 Å². The molecule has 0 aliphatic rings. The standard InChI is InChI=1S/C11H23N3O3/c1-5-9(8-10(15)16)12-11(17)14(4)7-6-13(2)3/h9H,5-8H2,1-4H3,(H,12,17)(H,15,16). The van der Waals surface area contributed by atoms with Crippen LogP contribution < -0.4 is 5.32 Å². The van der Waals surface area contributed by atoms with Crippen LogP contribution in [0.25, 0.3) is 0 Å². The molecule has 0 heterocycles. The Labute approximate surface area is 103 Å². The van der Waals surface area contributed by atoms with Crippen LogP contribution in [0.4, 0.5) is 4.79 Å². The lowest BCUT2D eigenvalue weighted by molar-refractivity contribution is -0.137. The summed E-state index contributed by atoms with van der Waals surface area (Å²) in [6.07, 6.45) is 0.573. The third-order valence-corrected chi connectivity index (χ3v) is 2.47. The summed E-state index contributed by atoms with van der Waals surface area (Å²) in [5.41, 5.74) is 0. The van der Waals surface area contributed by atoms with Gasteiger partial charge >= 0.3 is 12.0 Å². The number of hydrogen-bond acceptors (Lipinski definition) is 3. The zero-order valence-corrected chi connectivity index (χ0v) is 11.1. The van der Waals surface area contributed by atoms with Gasteiger partial charge in [-0.05, 0) is 20.5 Å². The Kier molecular flexibility index (Phi) is 7.29. The number of urea groups is 1. The van der Waals surface area contributed by atoms with E-state index in [0.717, 1.165) is 6.54 Å². The average Bonchev–Trinajstić information content (AvgIpc) is 2.23. The molecule has 17 heavy (non-hydrogen) atoms. The van der Waals surface area contributed by atoms with Gasteiger partial charge in [-0.25, -0.2) is 4.79 Å². The first kappa shape index (κ1) is 15.7. The summed E-state index contributed by atoms with van der Waals surface area (Å²) in [6.45, 7) is 3.25. The van der Waals surface area contributed by atoms with Crippen molar-refractivity contribution in [3.8, 4) is 0 Å². The van der Waals surface area contributed by atoms with Crippen molar-refractivity contribution in [2.75, 3.05) is 34.2 Å². The van der Waals surface area contributed by atoms with Crippen molar-refractivity contribution in [3.63, 3.8) is 0 Å². The number of carboxylic acids is 1. The van der Waals surface area contributed by atoms with Crippen molar-refractivity contribution in [1.29, 1.82) is 0 Å². The van der Waals surface area contributed by atoms with Crippen molar-refractivity contribution in [1.82, 2.24) is 15.1 Å². The zero-order valence-electron chi connectivity index (χ0n) is 11.1. The number of amides is 2. The Hall–Kier alpha value is -1.30. The lowest BCUT2D eigenvalue weighted by atomic mass is 10.1. The molecule has 2 amide bonds. The molecule has 0 spiro atoms. The number of aliphatic carboxylic acids is 1. The molecule has 1 unspecified atom stereocenters. The van der Waals surface area contributed by atoms with E-state index >= 15 is 0 Å². The monoisotopic (exact) mass is 245 g/mol. The van der Waals surface area contributed by atoms with Gasteiger partial charge in [0.1, 0.15) is 0 Å². The molecule has 0 aromatic carbocycles. The van der Waals surface area contributed by atoms with Crippen molar-refractivity contribution in [3.05, 3.63) is 0 Å². The molecule has 6 nitrogen and oxygen atoms in total. The molecule has 0 saturated carbocycles. The van der Waals surface area contributed by atoms with Crippen molar-refractivity contribution < 1.29 is 14.7 Å². The molecule has 0 aliphatic heterocycles. The van der Waals surface area contributed by atoms with Gasteiger partial charge in [0.15, 0.2) is 0 Å². The number of carboxylic acid groups (broad SMARTS) is 1. The van der Waals surface area contributed by atoms with Crippen LogP contribution in [0.5, 0.6) is 0 Å². The molecule has 0 saturated heterocycles. The van der Waals surface area contributed by atoms with E-state index in [-0.39, 0.29) is 18.5 Å². The molecule has 6 heteroatoms. The van der Waals surface area contributed by atoms with Crippen LogP contribution in [-0.4, -0.2) is 67.2 Å². The summed E-state index contributed by atoms with van der Waals surface area (Å²) in [7, 11) is 5.57. The van der Waals surface area contributed by atoms with E-state index in [1.54, 1.807) is 11.9 Å². The fourth-order valence-corrected chi connectivity index (χ4v) is 1.24. The van der Waals surface area contributed by atoms with Crippen molar-refractivity contribution >= 4 is 12.0 Å².